The van der Waals surface area contributed by atoms with E-state index in [1.54, 1.807) is 40.9 Å². The Morgan fingerprint density at radius 3 is 2.68 bits per heavy atom. The molecular weight excluding hydrogens is 494 g/mol. The van der Waals surface area contributed by atoms with Crippen LogP contribution in [0.5, 0.6) is 17.4 Å². The molecule has 0 bridgehead atoms. The number of carbonyl (C=O) groups excluding carboxylic acids is 1. The van der Waals surface area contributed by atoms with Crippen LogP contribution >= 0.6 is 11.6 Å². The zero-order chi connectivity index (χ0) is 26.3. The van der Waals surface area contributed by atoms with Gasteiger partial charge in [-0.05, 0) is 50.5 Å². The number of aliphatic imine (C=N–C) groups is 1. The zero-order valence-electron chi connectivity index (χ0n) is 21.1. The molecule has 0 spiro atoms. The van der Waals surface area contributed by atoms with E-state index in [1.807, 2.05) is 50.3 Å². The predicted octanol–water partition coefficient (Wildman–Crippen LogP) is 4.40. The van der Waals surface area contributed by atoms with Gasteiger partial charge in [0.25, 0.3) is 5.91 Å². The number of rotatable bonds is 7. The topological polar surface area (TPSA) is 95.3 Å². The van der Waals surface area contributed by atoms with Crippen LogP contribution in [0.15, 0.2) is 53.7 Å². The Kier molecular flexibility index (Phi) is 6.57. The molecule has 0 unspecified atom stereocenters. The first kappa shape index (κ1) is 24.7. The molecular formula is C27H28ClN5O4. The molecule has 0 radical (unpaired) electrons. The van der Waals surface area contributed by atoms with Crippen LogP contribution in [-0.2, 0) is 7.05 Å². The molecule has 1 amide bonds. The minimum absolute atomic E-state index is 0.0377. The number of fused-ring (bicyclic) bond motifs is 2. The van der Waals surface area contributed by atoms with Gasteiger partial charge in [-0.1, -0.05) is 17.7 Å². The third-order valence-corrected chi connectivity index (χ3v) is 6.54. The number of H-pyrrole nitrogens is 1. The van der Waals surface area contributed by atoms with Crippen molar-refractivity contribution in [3.63, 3.8) is 0 Å². The molecule has 0 saturated heterocycles. The number of nitrogens with zero attached hydrogens (tertiary/aromatic N) is 4. The third-order valence-electron chi connectivity index (χ3n) is 6.30. The number of aryl methyl sites for hydroxylation is 1. The van der Waals surface area contributed by atoms with Gasteiger partial charge in [0.05, 0.1) is 22.5 Å². The number of carbonyl (C=O) groups is 1. The number of nitrogens with one attached hydrogen (secondary N) is 1. The van der Waals surface area contributed by atoms with Gasteiger partial charge in [-0.3, -0.25) is 4.79 Å². The van der Waals surface area contributed by atoms with Gasteiger partial charge in [0.15, 0.2) is 17.4 Å². The Bertz CT molecular complexity index is 1520. The molecule has 0 aliphatic carbocycles. The number of aromatic hydroxyl groups is 1. The number of hydrogen-bond acceptors (Lipinski definition) is 6. The van der Waals surface area contributed by atoms with E-state index in [9.17, 15) is 9.90 Å². The van der Waals surface area contributed by atoms with Crippen molar-refractivity contribution in [1.29, 1.82) is 0 Å². The molecule has 5 rings (SSSR count). The maximum Gasteiger partial charge on any atom is 0.270 e. The van der Waals surface area contributed by atoms with Crippen LogP contribution in [0.25, 0.3) is 10.9 Å². The van der Waals surface area contributed by atoms with Gasteiger partial charge in [0.2, 0.25) is 6.79 Å². The molecule has 37 heavy (non-hydrogen) atoms. The summed E-state index contributed by atoms with van der Waals surface area (Å²) in [6, 6.07) is 12.6. The number of hydrogen-bond donors (Lipinski definition) is 2. The van der Waals surface area contributed by atoms with Crippen molar-refractivity contribution in [3.05, 3.63) is 70.5 Å². The van der Waals surface area contributed by atoms with E-state index in [2.05, 4.69) is 4.98 Å². The number of amides is 1. The first-order chi connectivity index (χ1) is 17.7. The lowest BCUT2D eigenvalue weighted by Gasteiger charge is -2.19. The second kappa shape index (κ2) is 9.84. The highest BCUT2D eigenvalue weighted by atomic mass is 35.5. The second-order valence-electron chi connectivity index (χ2n) is 9.29. The van der Waals surface area contributed by atoms with Gasteiger partial charge in [0.1, 0.15) is 5.69 Å². The first-order valence-electron chi connectivity index (χ1n) is 11.8. The lowest BCUT2D eigenvalue weighted by Crippen LogP contribution is -2.34. The van der Waals surface area contributed by atoms with E-state index in [0.29, 0.717) is 51.2 Å². The SMILES string of the molecule is CN(C)CCN(C)C(=O)c1cc(N=C(c2ccc3c(c2)OCO3)c2c(O)[nH]c3cc(Cl)ccc23)cn1C. The van der Waals surface area contributed by atoms with Crippen LogP contribution in [0.1, 0.15) is 21.6 Å². The summed E-state index contributed by atoms with van der Waals surface area (Å²) in [6.45, 7) is 1.51. The summed E-state index contributed by atoms with van der Waals surface area (Å²) < 4.78 is 12.8. The fourth-order valence-electron chi connectivity index (χ4n) is 4.30. The van der Waals surface area contributed by atoms with E-state index in [1.165, 1.54) is 0 Å². The van der Waals surface area contributed by atoms with E-state index in [-0.39, 0.29) is 18.6 Å². The summed E-state index contributed by atoms with van der Waals surface area (Å²) in [5, 5.41) is 12.3. The average molecular weight is 522 g/mol. The monoisotopic (exact) mass is 521 g/mol. The van der Waals surface area contributed by atoms with Gasteiger partial charge < -0.3 is 33.9 Å². The number of aromatic nitrogens is 2. The van der Waals surface area contributed by atoms with E-state index in [0.717, 1.165) is 17.5 Å². The minimum atomic E-state index is -0.0972. The molecule has 4 aromatic rings. The fraction of sp³-hybridized carbons (Fsp3) is 0.259. The molecule has 9 nitrogen and oxygen atoms in total. The summed E-state index contributed by atoms with van der Waals surface area (Å²) in [7, 11) is 7.55. The van der Waals surface area contributed by atoms with Gasteiger partial charge in [0, 0.05) is 49.4 Å². The molecule has 2 aromatic heterocycles. The normalized spacial score (nSPS) is 13.1. The van der Waals surface area contributed by atoms with E-state index < -0.39 is 0 Å². The molecule has 2 aromatic carbocycles. The second-order valence-corrected chi connectivity index (χ2v) is 9.73. The highest BCUT2D eigenvalue weighted by molar-refractivity contribution is 6.31. The Morgan fingerprint density at radius 1 is 1.11 bits per heavy atom. The molecule has 3 heterocycles. The molecule has 0 saturated carbocycles. The lowest BCUT2D eigenvalue weighted by atomic mass is 10.0. The Morgan fingerprint density at radius 2 is 1.89 bits per heavy atom. The molecule has 1 aliphatic rings. The van der Waals surface area contributed by atoms with Crippen molar-refractivity contribution in [2.45, 2.75) is 0 Å². The highest BCUT2D eigenvalue weighted by Crippen LogP contribution is 2.37. The maximum absolute atomic E-state index is 13.1. The number of halogens is 1. The summed E-state index contributed by atoms with van der Waals surface area (Å²) in [5.41, 5.74) is 3.51. The molecule has 0 fully saturated rings. The van der Waals surface area contributed by atoms with Gasteiger partial charge >= 0.3 is 0 Å². The third kappa shape index (κ3) is 4.87. The Labute approximate surface area is 219 Å². The smallest absolute Gasteiger partial charge is 0.270 e. The summed E-state index contributed by atoms with van der Waals surface area (Å²) in [5.74, 6) is 1.11. The Hall–Kier alpha value is -3.95. The van der Waals surface area contributed by atoms with Gasteiger partial charge in [-0.15, -0.1) is 0 Å². The quantitative estimate of drug-likeness (QED) is 0.352. The van der Waals surface area contributed by atoms with E-state index >= 15 is 0 Å². The largest absolute Gasteiger partial charge is 0.494 e. The molecule has 2 N–H and O–H groups in total. The van der Waals surface area contributed by atoms with Crippen LogP contribution in [0.4, 0.5) is 5.69 Å². The summed E-state index contributed by atoms with van der Waals surface area (Å²) in [6.07, 6.45) is 1.79. The lowest BCUT2D eigenvalue weighted by molar-refractivity contribution is 0.0777. The van der Waals surface area contributed by atoms with Crippen molar-refractivity contribution in [2.75, 3.05) is 41.0 Å². The summed E-state index contributed by atoms with van der Waals surface area (Å²) >= 11 is 6.18. The first-order valence-corrected chi connectivity index (χ1v) is 12.1. The van der Waals surface area contributed by atoms with Crippen LogP contribution < -0.4 is 9.47 Å². The highest BCUT2D eigenvalue weighted by Gasteiger charge is 2.23. The number of likely N-dealkylation sites (N-methyl/N-ethyl adjacent to an activating group) is 2. The van der Waals surface area contributed by atoms with Crippen molar-refractivity contribution in [1.82, 2.24) is 19.4 Å². The van der Waals surface area contributed by atoms with Crippen LogP contribution in [-0.4, -0.2) is 77.1 Å². The maximum atomic E-state index is 13.1. The van der Waals surface area contributed by atoms with Crippen LogP contribution in [0.3, 0.4) is 0 Å². The average Bonchev–Trinajstić information content (AvgIpc) is 3.56. The standard InChI is InChI=1S/C27H28ClN5O4/c1-31(2)9-10-32(3)27(35)21-13-18(14-33(21)4)29-25(16-5-8-22-23(11-16)37-15-36-22)24-19-7-6-17(28)12-20(19)30-26(24)34/h5-8,11-14,30,34H,9-10,15H2,1-4H3. The van der Waals surface area contributed by atoms with Crippen molar-refractivity contribution in [3.8, 4) is 17.4 Å². The van der Waals surface area contributed by atoms with Crippen LogP contribution in [0, 0.1) is 0 Å². The van der Waals surface area contributed by atoms with Crippen molar-refractivity contribution >= 4 is 39.8 Å². The van der Waals surface area contributed by atoms with E-state index in [4.69, 9.17) is 26.1 Å². The van der Waals surface area contributed by atoms with Crippen molar-refractivity contribution < 1.29 is 19.4 Å². The predicted molar refractivity (Wildman–Crippen MR) is 144 cm³/mol. The number of benzene rings is 2. The van der Waals surface area contributed by atoms with Gasteiger partial charge in [-0.2, -0.15) is 0 Å². The molecule has 192 valence electrons. The van der Waals surface area contributed by atoms with Crippen LogP contribution in [0.2, 0.25) is 5.02 Å². The fourth-order valence-corrected chi connectivity index (χ4v) is 4.47. The molecule has 0 atom stereocenters. The zero-order valence-corrected chi connectivity index (χ0v) is 21.8. The van der Waals surface area contributed by atoms with Gasteiger partial charge in [-0.25, -0.2) is 4.99 Å². The minimum Gasteiger partial charge on any atom is -0.494 e. The number of ether oxygens (including phenoxy) is 2. The Balaban J connectivity index is 1.61. The molecule has 10 heteroatoms. The summed E-state index contributed by atoms with van der Waals surface area (Å²) in [4.78, 5) is 24.8. The molecule has 1 aliphatic heterocycles. The number of aromatic amines is 1. The van der Waals surface area contributed by atoms with Crippen molar-refractivity contribution in [2.24, 2.45) is 12.0 Å².